The molecule has 2 N–H and O–H groups in total. The molecule has 0 aliphatic heterocycles. The van der Waals surface area contributed by atoms with Gasteiger partial charge in [-0.05, 0) is 6.42 Å². The molecule has 0 saturated heterocycles. The topological polar surface area (TPSA) is 119 Å². The molecule has 0 spiro atoms. The zero-order chi connectivity index (χ0) is 14.5. The monoisotopic (exact) mass is 278 g/mol. The van der Waals surface area contributed by atoms with Gasteiger partial charge in [0.1, 0.15) is 12.2 Å². The van der Waals surface area contributed by atoms with Crippen LogP contribution in [0.2, 0.25) is 0 Å². The second-order valence-electron chi connectivity index (χ2n) is 3.92. The Balaban J connectivity index is 2.35. The third kappa shape index (κ3) is 2.66. The Morgan fingerprint density at radius 3 is 2.85 bits per heavy atom. The number of hydrogen-bond donors (Lipinski definition) is 2. The number of nitrogens with zero attached hydrogens (tertiary/aromatic N) is 4. The average Bonchev–Trinajstić information content (AvgIpc) is 2.97. The normalized spacial score (nSPS) is 11.9. The molecular weight excluding hydrogens is 264 g/mol. The molecule has 0 fully saturated rings. The van der Waals surface area contributed by atoms with Crippen molar-refractivity contribution in [3.05, 3.63) is 34.7 Å². The maximum absolute atomic E-state index is 11.1. The first kappa shape index (κ1) is 13.7. The second-order valence-corrected chi connectivity index (χ2v) is 3.92. The van der Waals surface area contributed by atoms with Crippen molar-refractivity contribution in [3.8, 4) is 5.88 Å². The minimum Gasteiger partial charge on any atom is -0.476 e. The van der Waals surface area contributed by atoms with Crippen LogP contribution in [0.3, 0.4) is 0 Å². The van der Waals surface area contributed by atoms with Gasteiger partial charge in [0, 0.05) is 12.4 Å². The fraction of sp³-hybridized carbons (Fsp3) is 0.364. The molecule has 0 saturated carbocycles. The molecular formula is C11H14N6O3. The molecule has 0 amide bonds. The van der Waals surface area contributed by atoms with Crippen LogP contribution in [0.25, 0.3) is 0 Å². The molecule has 0 radical (unpaired) electrons. The highest BCUT2D eigenvalue weighted by Gasteiger charge is 2.26. The summed E-state index contributed by atoms with van der Waals surface area (Å²) in [5.41, 5.74) is -0.292. The van der Waals surface area contributed by atoms with E-state index in [1.54, 1.807) is 12.4 Å². The lowest BCUT2D eigenvalue weighted by atomic mass is 10.2. The van der Waals surface area contributed by atoms with Gasteiger partial charge in [0.05, 0.1) is 18.1 Å². The van der Waals surface area contributed by atoms with Crippen molar-refractivity contribution >= 4 is 11.5 Å². The van der Waals surface area contributed by atoms with Crippen LogP contribution < -0.4 is 10.1 Å². The van der Waals surface area contributed by atoms with Gasteiger partial charge in [0.25, 0.3) is 5.88 Å². The minimum atomic E-state index is -0.573. The Morgan fingerprint density at radius 1 is 1.50 bits per heavy atom. The summed E-state index contributed by atoms with van der Waals surface area (Å²) in [7, 11) is 1.32. The van der Waals surface area contributed by atoms with E-state index in [1.165, 1.54) is 13.4 Å². The molecule has 20 heavy (non-hydrogen) atoms. The van der Waals surface area contributed by atoms with Gasteiger partial charge < -0.3 is 15.0 Å². The first-order valence-corrected chi connectivity index (χ1v) is 5.96. The molecule has 9 nitrogen and oxygen atoms in total. The van der Waals surface area contributed by atoms with Crippen LogP contribution >= 0.6 is 0 Å². The van der Waals surface area contributed by atoms with Crippen molar-refractivity contribution in [3.63, 3.8) is 0 Å². The highest BCUT2D eigenvalue weighted by atomic mass is 16.6. The number of ether oxygens (including phenoxy) is 1. The molecule has 0 aliphatic carbocycles. The van der Waals surface area contributed by atoms with Crippen LogP contribution in [0.4, 0.5) is 11.5 Å². The fourth-order valence-electron chi connectivity index (χ4n) is 1.78. The Kier molecular flexibility index (Phi) is 4.08. The van der Waals surface area contributed by atoms with Crippen molar-refractivity contribution in [1.29, 1.82) is 0 Å². The molecule has 2 heterocycles. The third-order valence-electron chi connectivity index (χ3n) is 2.73. The van der Waals surface area contributed by atoms with Crippen molar-refractivity contribution < 1.29 is 9.66 Å². The summed E-state index contributed by atoms with van der Waals surface area (Å²) in [6.45, 7) is 1.93. The number of imidazole rings is 1. The van der Waals surface area contributed by atoms with Gasteiger partial charge in [0.15, 0.2) is 0 Å². The highest BCUT2D eigenvalue weighted by molar-refractivity contribution is 5.61. The zero-order valence-corrected chi connectivity index (χ0v) is 11.0. The highest BCUT2D eigenvalue weighted by Crippen LogP contribution is 2.32. The summed E-state index contributed by atoms with van der Waals surface area (Å²) in [6, 6.07) is -0.219. The quantitative estimate of drug-likeness (QED) is 0.609. The van der Waals surface area contributed by atoms with Crippen LogP contribution in [0.1, 0.15) is 25.2 Å². The van der Waals surface area contributed by atoms with Gasteiger partial charge in [-0.3, -0.25) is 10.1 Å². The van der Waals surface area contributed by atoms with Crippen molar-refractivity contribution in [2.75, 3.05) is 12.4 Å². The number of H-pyrrole nitrogens is 1. The maximum Gasteiger partial charge on any atom is 0.372 e. The van der Waals surface area contributed by atoms with E-state index in [0.29, 0.717) is 12.2 Å². The lowest BCUT2D eigenvalue weighted by Gasteiger charge is -2.15. The van der Waals surface area contributed by atoms with E-state index < -0.39 is 4.92 Å². The third-order valence-corrected chi connectivity index (χ3v) is 2.73. The molecule has 2 aromatic heterocycles. The molecule has 0 bridgehead atoms. The predicted molar refractivity (Wildman–Crippen MR) is 70.5 cm³/mol. The zero-order valence-electron chi connectivity index (χ0n) is 11.0. The first-order chi connectivity index (χ1) is 9.67. The van der Waals surface area contributed by atoms with Gasteiger partial charge in [-0.2, -0.15) is 4.98 Å². The van der Waals surface area contributed by atoms with E-state index in [-0.39, 0.29) is 23.4 Å². The van der Waals surface area contributed by atoms with Gasteiger partial charge >= 0.3 is 5.69 Å². The standard InChI is InChI=1S/C11H14N6O3/c1-3-7(9-12-4-5-13-9)16-10-8(17(18)19)11(20-2)15-6-14-10/h4-7H,3H2,1-2H3,(H,12,13)(H,14,15,16). The number of aromatic amines is 1. The predicted octanol–water partition coefficient (Wildman–Crippen LogP) is 1.68. The average molecular weight is 278 g/mol. The van der Waals surface area contributed by atoms with E-state index in [0.717, 1.165) is 0 Å². The Bertz CT molecular complexity index is 586. The second kappa shape index (κ2) is 5.95. The number of methoxy groups -OCH3 is 1. The van der Waals surface area contributed by atoms with Gasteiger partial charge in [0.2, 0.25) is 5.82 Å². The smallest absolute Gasteiger partial charge is 0.372 e. The number of aromatic nitrogens is 4. The molecule has 2 rings (SSSR count). The summed E-state index contributed by atoms with van der Waals surface area (Å²) in [5, 5.41) is 14.1. The van der Waals surface area contributed by atoms with Gasteiger partial charge in [-0.1, -0.05) is 6.92 Å². The molecule has 9 heteroatoms. The summed E-state index contributed by atoms with van der Waals surface area (Å²) in [5.74, 6) is 0.700. The molecule has 2 aromatic rings. The molecule has 106 valence electrons. The summed E-state index contributed by atoms with van der Waals surface area (Å²) in [6.07, 6.45) is 5.20. The summed E-state index contributed by atoms with van der Waals surface area (Å²) >= 11 is 0. The Hall–Kier alpha value is -2.71. The van der Waals surface area contributed by atoms with Crippen LogP contribution in [0, 0.1) is 10.1 Å². The lowest BCUT2D eigenvalue weighted by Crippen LogP contribution is -2.14. The Labute approximate surface area is 114 Å². The summed E-state index contributed by atoms with van der Waals surface area (Å²) < 4.78 is 4.90. The van der Waals surface area contributed by atoms with E-state index >= 15 is 0 Å². The lowest BCUT2D eigenvalue weighted by molar-refractivity contribution is -0.385. The van der Waals surface area contributed by atoms with Crippen LogP contribution in [-0.2, 0) is 0 Å². The van der Waals surface area contributed by atoms with Gasteiger partial charge in [-0.25, -0.2) is 9.97 Å². The number of nitro groups is 1. The molecule has 0 aliphatic rings. The molecule has 1 atom stereocenters. The van der Waals surface area contributed by atoms with Crippen LogP contribution in [0.15, 0.2) is 18.7 Å². The van der Waals surface area contributed by atoms with E-state index in [1.807, 2.05) is 6.92 Å². The maximum atomic E-state index is 11.1. The largest absolute Gasteiger partial charge is 0.476 e. The molecule has 0 aromatic carbocycles. The minimum absolute atomic E-state index is 0.0817. The number of rotatable bonds is 6. The van der Waals surface area contributed by atoms with Crippen LogP contribution in [-0.4, -0.2) is 32.0 Å². The number of nitrogens with one attached hydrogen (secondary N) is 2. The van der Waals surface area contributed by atoms with Crippen molar-refractivity contribution in [1.82, 2.24) is 19.9 Å². The number of anilines is 1. The van der Waals surface area contributed by atoms with E-state index in [9.17, 15) is 10.1 Å². The van der Waals surface area contributed by atoms with Crippen molar-refractivity contribution in [2.24, 2.45) is 0 Å². The van der Waals surface area contributed by atoms with Crippen molar-refractivity contribution in [2.45, 2.75) is 19.4 Å². The SMILES string of the molecule is CCC(Nc1ncnc(OC)c1[N+](=O)[O-])c1ncc[nH]1. The van der Waals surface area contributed by atoms with E-state index in [2.05, 4.69) is 25.3 Å². The fourth-order valence-corrected chi connectivity index (χ4v) is 1.78. The molecule has 1 unspecified atom stereocenters. The summed E-state index contributed by atoms with van der Waals surface area (Å²) in [4.78, 5) is 25.3. The van der Waals surface area contributed by atoms with Crippen LogP contribution in [0.5, 0.6) is 5.88 Å². The van der Waals surface area contributed by atoms with E-state index in [4.69, 9.17) is 4.74 Å². The van der Waals surface area contributed by atoms with Gasteiger partial charge in [-0.15, -0.1) is 0 Å². The first-order valence-electron chi connectivity index (χ1n) is 5.96. The number of hydrogen-bond acceptors (Lipinski definition) is 7. The Morgan fingerprint density at radius 2 is 2.30 bits per heavy atom.